The van der Waals surface area contributed by atoms with Crippen LogP contribution in [-0.2, 0) is 9.53 Å². The monoisotopic (exact) mass is 341 g/mol. The lowest BCUT2D eigenvalue weighted by molar-refractivity contribution is -0.137. The first kappa shape index (κ1) is 17.3. The van der Waals surface area contributed by atoms with Gasteiger partial charge in [-0.3, -0.25) is 4.79 Å². The van der Waals surface area contributed by atoms with E-state index in [0.717, 1.165) is 36.6 Å². The molecule has 0 bridgehead atoms. The van der Waals surface area contributed by atoms with Crippen molar-refractivity contribution in [2.75, 3.05) is 20.3 Å². The Morgan fingerprint density at radius 1 is 1.16 bits per heavy atom. The quantitative estimate of drug-likeness (QED) is 0.800. The van der Waals surface area contributed by atoms with Crippen molar-refractivity contribution in [1.82, 2.24) is 4.90 Å². The molecule has 2 aromatic carbocycles. The molecular weight excluding hydrogens is 318 g/mol. The van der Waals surface area contributed by atoms with E-state index in [1.807, 2.05) is 31.2 Å². The van der Waals surface area contributed by atoms with E-state index in [1.54, 1.807) is 17.0 Å². The van der Waals surface area contributed by atoms with Gasteiger partial charge in [0.25, 0.3) is 5.91 Å². The third kappa shape index (κ3) is 3.76. The van der Waals surface area contributed by atoms with E-state index in [2.05, 4.69) is 0 Å². The van der Waals surface area contributed by atoms with Crippen LogP contribution < -0.4 is 4.74 Å². The van der Waals surface area contributed by atoms with Crippen molar-refractivity contribution in [3.63, 3.8) is 0 Å². The Hall–Kier alpha value is -2.56. The highest BCUT2D eigenvalue weighted by Crippen LogP contribution is 2.26. The van der Waals surface area contributed by atoms with E-state index in [4.69, 9.17) is 9.47 Å². The normalized spacial score (nSPS) is 17.4. The summed E-state index contributed by atoms with van der Waals surface area (Å²) >= 11 is 0. The molecule has 3 rings (SSSR count). The molecule has 132 valence electrons. The van der Waals surface area contributed by atoms with Gasteiger partial charge in [-0.1, -0.05) is 24.3 Å². The molecule has 0 saturated carbocycles. The summed E-state index contributed by atoms with van der Waals surface area (Å²) in [7, 11) is 1.52. The zero-order chi connectivity index (χ0) is 17.8. The van der Waals surface area contributed by atoms with Crippen LogP contribution in [0.1, 0.15) is 36.5 Å². The summed E-state index contributed by atoms with van der Waals surface area (Å²) in [5.74, 6) is -0.233. The fourth-order valence-corrected chi connectivity index (χ4v) is 3.30. The molecule has 5 nitrogen and oxygen atoms in total. The van der Waals surface area contributed by atoms with Crippen molar-refractivity contribution in [2.45, 2.75) is 32.2 Å². The number of fused-ring (bicyclic) bond motifs is 1. The highest BCUT2D eigenvalue weighted by Gasteiger charge is 2.24. The number of hydrogen-bond acceptors (Lipinski definition) is 4. The first-order chi connectivity index (χ1) is 12.1. The highest BCUT2D eigenvalue weighted by molar-refractivity contribution is 5.99. The number of carbonyl (C=O) groups excluding carboxylic acids is 2. The lowest BCUT2D eigenvalue weighted by Crippen LogP contribution is -2.44. The van der Waals surface area contributed by atoms with Crippen LogP contribution in [-0.4, -0.2) is 43.1 Å². The van der Waals surface area contributed by atoms with Gasteiger partial charge in [0.05, 0.1) is 7.11 Å². The number of ether oxygens (including phenoxy) is 2. The number of hydrogen-bond donors (Lipinski definition) is 0. The van der Waals surface area contributed by atoms with Gasteiger partial charge in [-0.25, -0.2) is 4.79 Å². The molecule has 25 heavy (non-hydrogen) atoms. The van der Waals surface area contributed by atoms with Gasteiger partial charge in [-0.05, 0) is 49.1 Å². The smallest absolute Gasteiger partial charge is 0.342 e. The predicted molar refractivity (Wildman–Crippen MR) is 95.8 cm³/mol. The molecule has 0 radical (unpaired) electrons. The van der Waals surface area contributed by atoms with Gasteiger partial charge in [0.2, 0.25) is 0 Å². The molecule has 0 N–H and O–H groups in total. The molecule has 0 aromatic heterocycles. The number of carbonyl (C=O) groups is 2. The molecule has 1 aliphatic rings. The summed E-state index contributed by atoms with van der Waals surface area (Å²) < 4.78 is 10.6. The maximum atomic E-state index is 12.5. The van der Waals surface area contributed by atoms with Crippen molar-refractivity contribution >= 4 is 22.6 Å². The Bertz CT molecular complexity index is 786. The van der Waals surface area contributed by atoms with Crippen molar-refractivity contribution in [2.24, 2.45) is 0 Å². The summed E-state index contributed by atoms with van der Waals surface area (Å²) in [6, 6.07) is 11.5. The van der Waals surface area contributed by atoms with Crippen LogP contribution in [0.25, 0.3) is 10.8 Å². The van der Waals surface area contributed by atoms with Crippen molar-refractivity contribution in [3.8, 4) is 5.75 Å². The zero-order valence-electron chi connectivity index (χ0n) is 14.7. The highest BCUT2D eigenvalue weighted by atomic mass is 16.5. The third-order valence-corrected chi connectivity index (χ3v) is 4.74. The van der Waals surface area contributed by atoms with E-state index in [9.17, 15) is 9.59 Å². The zero-order valence-corrected chi connectivity index (χ0v) is 14.7. The first-order valence-electron chi connectivity index (χ1n) is 8.63. The molecule has 1 atom stereocenters. The second-order valence-corrected chi connectivity index (χ2v) is 6.41. The van der Waals surface area contributed by atoms with Crippen LogP contribution in [0.15, 0.2) is 36.4 Å². The minimum absolute atomic E-state index is 0.139. The van der Waals surface area contributed by atoms with E-state index >= 15 is 0 Å². The minimum atomic E-state index is -0.541. The van der Waals surface area contributed by atoms with Crippen molar-refractivity contribution in [3.05, 3.63) is 42.0 Å². The minimum Gasteiger partial charge on any atom is -0.496 e. The van der Waals surface area contributed by atoms with E-state index in [1.165, 1.54) is 7.11 Å². The fourth-order valence-electron chi connectivity index (χ4n) is 3.30. The Labute approximate surface area is 147 Å². The van der Waals surface area contributed by atoms with Gasteiger partial charge in [-0.15, -0.1) is 0 Å². The molecule has 1 fully saturated rings. The molecule has 5 heteroatoms. The molecule has 1 heterocycles. The van der Waals surface area contributed by atoms with Crippen molar-refractivity contribution < 1.29 is 19.1 Å². The third-order valence-electron chi connectivity index (χ3n) is 4.74. The van der Waals surface area contributed by atoms with Crippen LogP contribution >= 0.6 is 0 Å². The molecule has 2 aromatic rings. The summed E-state index contributed by atoms with van der Waals surface area (Å²) in [4.78, 5) is 26.6. The van der Waals surface area contributed by atoms with Gasteiger partial charge in [-0.2, -0.15) is 0 Å². The summed E-state index contributed by atoms with van der Waals surface area (Å²) in [6.45, 7) is 2.53. The fraction of sp³-hybridized carbons (Fsp3) is 0.400. The number of rotatable bonds is 4. The van der Waals surface area contributed by atoms with Gasteiger partial charge in [0.1, 0.15) is 11.3 Å². The van der Waals surface area contributed by atoms with E-state index < -0.39 is 5.97 Å². The van der Waals surface area contributed by atoms with Gasteiger partial charge < -0.3 is 14.4 Å². The largest absolute Gasteiger partial charge is 0.496 e. The van der Waals surface area contributed by atoms with Gasteiger partial charge >= 0.3 is 5.97 Å². The van der Waals surface area contributed by atoms with Crippen LogP contribution in [0, 0.1) is 0 Å². The molecule has 0 aliphatic carbocycles. The van der Waals surface area contributed by atoms with Gasteiger partial charge in [0.15, 0.2) is 6.61 Å². The molecule has 0 unspecified atom stereocenters. The van der Waals surface area contributed by atoms with Crippen LogP contribution in [0.5, 0.6) is 5.75 Å². The number of piperidine rings is 1. The predicted octanol–water partition coefficient (Wildman–Crippen LogP) is 3.41. The number of methoxy groups -OCH3 is 1. The lowest BCUT2D eigenvalue weighted by atomic mass is 10.0. The Balaban J connectivity index is 1.72. The summed E-state index contributed by atoms with van der Waals surface area (Å²) in [5.41, 5.74) is 0.334. The van der Waals surface area contributed by atoms with E-state index in [-0.39, 0.29) is 18.6 Å². The Morgan fingerprint density at radius 2 is 1.88 bits per heavy atom. The molecule has 1 saturated heterocycles. The number of amides is 1. The molecular formula is C20H23NO4. The van der Waals surface area contributed by atoms with Crippen molar-refractivity contribution in [1.29, 1.82) is 0 Å². The second kappa shape index (κ2) is 7.55. The van der Waals surface area contributed by atoms with Crippen LogP contribution in [0.3, 0.4) is 0 Å². The number of nitrogens with zero attached hydrogens (tertiary/aromatic N) is 1. The Kier molecular flexibility index (Phi) is 5.22. The average Bonchev–Trinajstić information content (AvgIpc) is 2.65. The Morgan fingerprint density at radius 3 is 2.56 bits per heavy atom. The maximum Gasteiger partial charge on any atom is 0.342 e. The topological polar surface area (TPSA) is 55.8 Å². The standard InChI is InChI=1S/C20H23NO4/c1-14-7-5-6-10-21(14)19(22)13-25-20(23)17-11-15-8-3-4-9-16(15)12-18(17)24-2/h3-4,8-9,11-12,14H,5-7,10,13H2,1-2H3/t14-/m0/s1. The summed E-state index contributed by atoms with van der Waals surface area (Å²) in [5, 5.41) is 1.90. The molecule has 0 spiro atoms. The summed E-state index contributed by atoms with van der Waals surface area (Å²) in [6.07, 6.45) is 3.14. The van der Waals surface area contributed by atoms with Crippen LogP contribution in [0.4, 0.5) is 0 Å². The number of esters is 1. The van der Waals surface area contributed by atoms with Crippen LogP contribution in [0.2, 0.25) is 0 Å². The maximum absolute atomic E-state index is 12.5. The molecule has 1 amide bonds. The lowest BCUT2D eigenvalue weighted by Gasteiger charge is -2.33. The van der Waals surface area contributed by atoms with E-state index in [0.29, 0.717) is 11.3 Å². The number of likely N-dealkylation sites (tertiary alicyclic amines) is 1. The van der Waals surface area contributed by atoms with Gasteiger partial charge in [0, 0.05) is 12.6 Å². The SMILES string of the molecule is COc1cc2ccccc2cc1C(=O)OCC(=O)N1CCCC[C@@H]1C. The molecule has 1 aliphatic heterocycles. The average molecular weight is 341 g/mol. The number of benzene rings is 2. The second-order valence-electron chi connectivity index (χ2n) is 6.41. The first-order valence-corrected chi connectivity index (χ1v) is 8.63.